The number of benzene rings is 2. The minimum atomic E-state index is -2.41. The van der Waals surface area contributed by atoms with Crippen LogP contribution in [-0.2, 0) is 15.9 Å². The van der Waals surface area contributed by atoms with Crippen LogP contribution in [0.4, 0.5) is 0 Å². The van der Waals surface area contributed by atoms with E-state index in [-0.39, 0.29) is 56.8 Å². The first-order valence-corrected chi connectivity index (χ1v) is 11.3. The Balaban J connectivity index is -0.00000169. The molecule has 0 bridgehead atoms. The van der Waals surface area contributed by atoms with Gasteiger partial charge < -0.3 is 26.3 Å². The number of nitrogens with one attached hydrogen (secondary N) is 1. The molecule has 1 amide bonds. The summed E-state index contributed by atoms with van der Waals surface area (Å²) in [7, 11) is 3.03. The van der Waals surface area contributed by atoms with Gasteiger partial charge in [0.2, 0.25) is 5.91 Å². The maximum atomic E-state index is 11.6. The average Bonchev–Trinajstić information content (AvgIpc) is 2.54. The molecule has 0 saturated carbocycles. The van der Waals surface area contributed by atoms with Gasteiger partial charge in [-0.2, -0.15) is 0 Å². The molecule has 0 aliphatic rings. The Morgan fingerprint density at radius 3 is 2.17 bits per heavy atom. The molecule has 2 aromatic rings. The Hall–Kier alpha value is 0.180. The van der Waals surface area contributed by atoms with Crippen LogP contribution in [0.25, 0.3) is 11.1 Å². The maximum Gasteiger partial charge on any atom is 1.00 e. The zero-order valence-electron chi connectivity index (χ0n) is 15.6. The molecule has 2 aromatic carbocycles. The van der Waals surface area contributed by atoms with E-state index in [4.69, 9.17) is 23.2 Å². The van der Waals surface area contributed by atoms with E-state index in [9.17, 15) is 13.6 Å². The predicted molar refractivity (Wildman–Crippen MR) is 117 cm³/mol. The second-order valence-corrected chi connectivity index (χ2v) is 9.14. The minimum absolute atomic E-state index is 0. The smallest absolute Gasteiger partial charge is 0.768 e. The molecule has 7 nitrogen and oxygen atoms in total. The first-order chi connectivity index (χ1) is 11.9. The number of amides is 1. The molecule has 158 valence electrons. The summed E-state index contributed by atoms with van der Waals surface area (Å²) in [5.41, 5.74) is 1.33. The molecule has 0 fully saturated rings. The molecule has 0 saturated heterocycles. The van der Waals surface area contributed by atoms with Gasteiger partial charge in [0.05, 0.1) is 0 Å². The molecule has 13 heteroatoms. The van der Waals surface area contributed by atoms with Gasteiger partial charge in [0.25, 0.3) is 0 Å². The molecule has 1 unspecified atom stereocenters. The summed E-state index contributed by atoms with van der Waals surface area (Å²) in [6, 6.07) is 10.1. The summed E-state index contributed by atoms with van der Waals surface area (Å²) in [6.07, 6.45) is 0. The molecular formula is C16H20Cl2NNaO6S3. The molecule has 2 rings (SSSR count). The standard InChI is InChI=1S/C16H15Cl2NO3S3.Na.3H2O/c1-10(20)19-6-7-23-24-15-8-11(17)2-4-13(15)14-5-3-12(18)9-16(14)25(21)22;;;;/h2-5,8-9H,6-7H2,1H3,(H,19,20)(H,21,22);;3*1H2/q;+1;;;/p-1. The SMILES string of the molecule is CC(=O)NCCSSc1cc(Cl)ccc1-c1ccc(Cl)cc1S(=O)[O-].O.O.O.[Na+]. The first-order valence-electron chi connectivity index (χ1n) is 7.11. The predicted octanol–water partition coefficient (Wildman–Crippen LogP) is -0.695. The molecule has 0 radical (unpaired) electrons. The van der Waals surface area contributed by atoms with E-state index in [1.165, 1.54) is 23.8 Å². The summed E-state index contributed by atoms with van der Waals surface area (Å²) in [5.74, 6) is 0.634. The van der Waals surface area contributed by atoms with E-state index in [0.717, 1.165) is 10.5 Å². The van der Waals surface area contributed by atoms with Gasteiger partial charge in [-0.25, -0.2) is 0 Å². The maximum absolute atomic E-state index is 11.6. The third kappa shape index (κ3) is 10.9. The minimum Gasteiger partial charge on any atom is -0.768 e. The van der Waals surface area contributed by atoms with Crippen LogP contribution < -0.4 is 34.9 Å². The third-order valence-electron chi connectivity index (χ3n) is 3.07. The molecule has 7 N–H and O–H groups in total. The van der Waals surface area contributed by atoms with E-state index in [0.29, 0.717) is 27.9 Å². The molecular weight excluding hydrogens is 492 g/mol. The van der Waals surface area contributed by atoms with Gasteiger partial charge >= 0.3 is 29.6 Å². The second-order valence-electron chi connectivity index (χ2n) is 4.90. The van der Waals surface area contributed by atoms with Crippen molar-refractivity contribution in [3.63, 3.8) is 0 Å². The monoisotopic (exact) mass is 511 g/mol. The number of hydrogen-bond donors (Lipinski definition) is 1. The normalized spacial score (nSPS) is 10.3. The van der Waals surface area contributed by atoms with Crippen LogP contribution in [0.2, 0.25) is 10.0 Å². The van der Waals surface area contributed by atoms with Gasteiger partial charge in [0, 0.05) is 39.1 Å². The van der Waals surface area contributed by atoms with E-state index in [1.54, 1.807) is 41.1 Å². The van der Waals surface area contributed by atoms with Gasteiger partial charge in [-0.05, 0) is 46.5 Å². The van der Waals surface area contributed by atoms with Gasteiger partial charge in [-0.3, -0.25) is 9.00 Å². The number of halogens is 2. The van der Waals surface area contributed by atoms with Crippen LogP contribution in [0.1, 0.15) is 6.92 Å². The topological polar surface area (TPSA) is 164 Å². The fourth-order valence-electron chi connectivity index (χ4n) is 2.02. The summed E-state index contributed by atoms with van der Waals surface area (Å²) in [6.45, 7) is 2.03. The Morgan fingerprint density at radius 1 is 1.07 bits per heavy atom. The van der Waals surface area contributed by atoms with Gasteiger partial charge in [-0.15, -0.1) is 0 Å². The molecule has 29 heavy (non-hydrogen) atoms. The van der Waals surface area contributed by atoms with E-state index in [1.807, 2.05) is 0 Å². The average molecular weight is 512 g/mol. The largest absolute Gasteiger partial charge is 1.00 e. The van der Waals surface area contributed by atoms with Crippen molar-refractivity contribution in [1.29, 1.82) is 0 Å². The van der Waals surface area contributed by atoms with Gasteiger partial charge in [-0.1, -0.05) is 56.9 Å². The molecule has 0 aliphatic heterocycles. The van der Waals surface area contributed by atoms with Crippen molar-refractivity contribution in [3.05, 3.63) is 46.4 Å². The Labute approximate surface area is 211 Å². The quantitative estimate of drug-likeness (QED) is 0.224. The summed E-state index contributed by atoms with van der Waals surface area (Å²) < 4.78 is 23.1. The van der Waals surface area contributed by atoms with E-state index in [2.05, 4.69) is 5.32 Å². The summed E-state index contributed by atoms with van der Waals surface area (Å²) in [5, 5.41) is 3.64. The summed E-state index contributed by atoms with van der Waals surface area (Å²) >= 11 is 9.60. The van der Waals surface area contributed by atoms with Crippen LogP contribution in [0.5, 0.6) is 0 Å². The first kappa shape index (κ1) is 33.8. The fourth-order valence-corrected chi connectivity index (χ4v) is 5.21. The van der Waals surface area contributed by atoms with Crippen molar-refractivity contribution < 1.29 is 59.5 Å². The van der Waals surface area contributed by atoms with E-state index < -0.39 is 11.1 Å². The van der Waals surface area contributed by atoms with Gasteiger partial charge in [0.15, 0.2) is 0 Å². The molecule has 0 aromatic heterocycles. The van der Waals surface area contributed by atoms with Gasteiger partial charge in [0.1, 0.15) is 0 Å². The number of carbonyl (C=O) groups is 1. The Kier molecular flexibility index (Phi) is 19.6. The molecule has 0 spiro atoms. The summed E-state index contributed by atoms with van der Waals surface area (Å²) in [4.78, 5) is 11.9. The molecule has 0 aliphatic carbocycles. The van der Waals surface area contributed by atoms with Crippen molar-refractivity contribution in [3.8, 4) is 11.1 Å². The number of carbonyl (C=O) groups excluding carboxylic acids is 1. The zero-order valence-corrected chi connectivity index (χ0v) is 21.5. The van der Waals surface area contributed by atoms with Crippen LogP contribution in [0.15, 0.2) is 46.2 Å². The molecule has 1 atom stereocenters. The van der Waals surface area contributed by atoms with Crippen molar-refractivity contribution >= 4 is 61.8 Å². The molecule has 0 heterocycles. The Bertz CT molecular complexity index is 816. The van der Waals surface area contributed by atoms with Crippen molar-refractivity contribution in [2.75, 3.05) is 12.3 Å². The van der Waals surface area contributed by atoms with Crippen LogP contribution in [0.3, 0.4) is 0 Å². The number of rotatable bonds is 7. The number of hydrogen-bond acceptors (Lipinski definition) is 5. The zero-order chi connectivity index (χ0) is 18.4. The van der Waals surface area contributed by atoms with Crippen molar-refractivity contribution in [1.82, 2.24) is 5.32 Å². The van der Waals surface area contributed by atoms with Crippen LogP contribution in [0, 0.1) is 0 Å². The third-order valence-corrected chi connectivity index (χ3v) is 6.63. The van der Waals surface area contributed by atoms with Crippen LogP contribution in [-0.4, -0.2) is 43.4 Å². The van der Waals surface area contributed by atoms with Crippen molar-refractivity contribution in [2.45, 2.75) is 16.7 Å². The second kappa shape index (κ2) is 16.8. The van der Waals surface area contributed by atoms with Crippen LogP contribution >= 0.6 is 44.8 Å². The van der Waals surface area contributed by atoms with E-state index >= 15 is 0 Å². The van der Waals surface area contributed by atoms with Crippen molar-refractivity contribution in [2.24, 2.45) is 0 Å². The Morgan fingerprint density at radius 2 is 1.62 bits per heavy atom. The fraction of sp³-hybridized carbons (Fsp3) is 0.188.